The highest BCUT2D eigenvalue weighted by Gasteiger charge is 2.19. The van der Waals surface area contributed by atoms with E-state index in [9.17, 15) is 9.59 Å². The van der Waals surface area contributed by atoms with Crippen LogP contribution in [0.2, 0.25) is 0 Å². The van der Waals surface area contributed by atoms with Crippen LogP contribution in [-0.4, -0.2) is 19.9 Å². The van der Waals surface area contributed by atoms with Gasteiger partial charge in [0, 0.05) is 11.1 Å². The summed E-state index contributed by atoms with van der Waals surface area (Å²) in [7, 11) is 0. The number of H-pyrrole nitrogens is 3. The maximum absolute atomic E-state index is 12.4. The van der Waals surface area contributed by atoms with Crippen LogP contribution in [0.1, 0.15) is 65.3 Å². The zero-order valence-corrected chi connectivity index (χ0v) is 15.7. The van der Waals surface area contributed by atoms with E-state index >= 15 is 0 Å². The molecule has 0 radical (unpaired) electrons. The van der Waals surface area contributed by atoms with E-state index in [0.29, 0.717) is 11.0 Å². The Kier molecular flexibility index (Phi) is 5.82. The first-order valence-corrected chi connectivity index (χ1v) is 8.86. The summed E-state index contributed by atoms with van der Waals surface area (Å²) in [4.78, 5) is 37.5. The Labute approximate surface area is 147 Å². The molecule has 3 N–H and O–H groups in total. The first-order chi connectivity index (χ1) is 11.8. The molecular weight excluding hydrogens is 316 g/mol. The van der Waals surface area contributed by atoms with Gasteiger partial charge in [-0.25, -0.2) is 4.98 Å². The van der Waals surface area contributed by atoms with E-state index in [1.165, 1.54) is 0 Å². The predicted octanol–water partition coefficient (Wildman–Crippen LogP) is 1.52. The van der Waals surface area contributed by atoms with Crippen molar-refractivity contribution in [1.29, 1.82) is 0 Å². The van der Waals surface area contributed by atoms with Gasteiger partial charge < -0.3 is 15.0 Å². The van der Waals surface area contributed by atoms with Crippen molar-refractivity contribution in [2.24, 2.45) is 5.92 Å². The number of hydrogen-bond donors (Lipinski definition) is 3. The van der Waals surface area contributed by atoms with E-state index in [4.69, 9.17) is 0 Å². The molecule has 0 amide bonds. The van der Waals surface area contributed by atoms with Crippen molar-refractivity contribution in [2.75, 3.05) is 0 Å². The van der Waals surface area contributed by atoms with Crippen LogP contribution in [0.3, 0.4) is 0 Å². The number of rotatable bonds is 5. The smallest absolute Gasteiger partial charge is 0.272 e. The summed E-state index contributed by atoms with van der Waals surface area (Å²) in [5.74, 6) is 0.287. The average molecular weight is 344 g/mol. The van der Waals surface area contributed by atoms with Gasteiger partial charge in [0.25, 0.3) is 11.1 Å². The molecule has 1 unspecified atom stereocenters. The summed E-state index contributed by atoms with van der Waals surface area (Å²) in [5.41, 5.74) is 0.825. The lowest BCUT2D eigenvalue weighted by molar-refractivity contribution is 0.571. The third-order valence-corrected chi connectivity index (χ3v) is 4.27. The molecule has 0 saturated carbocycles. The number of nitrogens with zero attached hydrogens (tertiary/aromatic N) is 1. The van der Waals surface area contributed by atoms with Crippen molar-refractivity contribution in [1.82, 2.24) is 19.9 Å². The normalized spacial score (nSPS) is 14.9. The largest absolute Gasteiger partial charge is 0.348 e. The minimum Gasteiger partial charge on any atom is -0.348 e. The van der Waals surface area contributed by atoms with E-state index in [1.54, 1.807) is 12.4 Å². The van der Waals surface area contributed by atoms with Gasteiger partial charge in [-0.15, -0.1) is 0 Å². The van der Waals surface area contributed by atoms with Gasteiger partial charge in [0.1, 0.15) is 10.7 Å². The van der Waals surface area contributed by atoms with Crippen LogP contribution in [0.15, 0.2) is 15.9 Å². The number of aromatic amines is 3. The molecule has 2 aromatic heterocycles. The Morgan fingerprint density at radius 2 is 1.76 bits per heavy atom. The standard InChI is InChI=1S/C19H28N4O2/c1-6-8-12(7-2)9-14-17(24)23-15(18(25)22-14)10-13-16(19(3,4)5)21-11-20-13/h9-12H,6-8H2,1-5H3,(H,20,21)(H,22,25)(H,23,24)/b14-9-,15-10-. The molecule has 2 rings (SSSR count). The van der Waals surface area contributed by atoms with Crippen LogP contribution in [0.5, 0.6) is 0 Å². The van der Waals surface area contributed by atoms with Crippen LogP contribution >= 0.6 is 0 Å². The molecule has 0 spiro atoms. The van der Waals surface area contributed by atoms with Crippen LogP contribution in [-0.2, 0) is 5.41 Å². The number of imidazole rings is 1. The van der Waals surface area contributed by atoms with Gasteiger partial charge in [-0.3, -0.25) is 9.59 Å². The highest BCUT2D eigenvalue weighted by atomic mass is 16.1. The molecule has 2 heterocycles. The second-order valence-corrected chi connectivity index (χ2v) is 7.42. The van der Waals surface area contributed by atoms with E-state index in [1.807, 2.05) is 6.08 Å². The summed E-state index contributed by atoms with van der Waals surface area (Å²) >= 11 is 0. The van der Waals surface area contributed by atoms with E-state index in [0.717, 1.165) is 25.0 Å². The summed E-state index contributed by atoms with van der Waals surface area (Å²) in [6, 6.07) is 0. The van der Waals surface area contributed by atoms with Crippen molar-refractivity contribution in [3.05, 3.63) is 49.1 Å². The van der Waals surface area contributed by atoms with Gasteiger partial charge in [-0.05, 0) is 24.8 Å². The fourth-order valence-electron chi connectivity index (χ4n) is 2.88. The molecule has 0 bridgehead atoms. The van der Waals surface area contributed by atoms with E-state index in [2.05, 4.69) is 54.6 Å². The lowest BCUT2D eigenvalue weighted by Gasteiger charge is -2.16. The van der Waals surface area contributed by atoms with Crippen molar-refractivity contribution in [3.8, 4) is 0 Å². The van der Waals surface area contributed by atoms with Crippen LogP contribution in [0.25, 0.3) is 12.2 Å². The monoisotopic (exact) mass is 344 g/mol. The highest BCUT2D eigenvalue weighted by Crippen LogP contribution is 2.22. The Bertz CT molecular complexity index is 941. The molecule has 0 fully saturated rings. The second kappa shape index (κ2) is 7.68. The Hall–Kier alpha value is -2.37. The SMILES string of the molecule is CCCC(/C=c1\[nH]c(=O)/c(=C/c2nc[nH]c2C(C)(C)C)[nH]c1=O)CC. The Morgan fingerprint density at radius 3 is 2.36 bits per heavy atom. The second-order valence-electron chi connectivity index (χ2n) is 7.42. The zero-order chi connectivity index (χ0) is 18.6. The van der Waals surface area contributed by atoms with Gasteiger partial charge in [0.2, 0.25) is 0 Å². The number of aromatic nitrogens is 4. The molecule has 0 aliphatic rings. The number of nitrogens with one attached hydrogen (secondary N) is 3. The van der Waals surface area contributed by atoms with Gasteiger partial charge in [0.05, 0.1) is 12.0 Å². The first-order valence-electron chi connectivity index (χ1n) is 8.86. The molecular formula is C19H28N4O2. The number of hydrogen-bond acceptors (Lipinski definition) is 3. The lowest BCUT2D eigenvalue weighted by atomic mass is 9.90. The molecule has 25 heavy (non-hydrogen) atoms. The highest BCUT2D eigenvalue weighted by molar-refractivity contribution is 5.48. The third-order valence-electron chi connectivity index (χ3n) is 4.27. The fourth-order valence-corrected chi connectivity index (χ4v) is 2.88. The first kappa shape index (κ1) is 19.0. The Balaban J connectivity index is 2.55. The van der Waals surface area contributed by atoms with Gasteiger partial charge in [0.15, 0.2) is 0 Å². The maximum Gasteiger partial charge on any atom is 0.272 e. The molecule has 0 aliphatic carbocycles. The van der Waals surface area contributed by atoms with Crippen molar-refractivity contribution in [2.45, 2.75) is 59.3 Å². The van der Waals surface area contributed by atoms with Crippen LogP contribution in [0, 0.1) is 5.92 Å². The third kappa shape index (κ3) is 4.59. The van der Waals surface area contributed by atoms with E-state index < -0.39 is 0 Å². The molecule has 0 aliphatic heterocycles. The molecule has 1 atom stereocenters. The summed E-state index contributed by atoms with van der Waals surface area (Å²) < 4.78 is 0. The molecule has 6 heteroatoms. The van der Waals surface area contributed by atoms with Crippen molar-refractivity contribution >= 4 is 12.2 Å². The molecule has 6 nitrogen and oxygen atoms in total. The van der Waals surface area contributed by atoms with Crippen LogP contribution < -0.4 is 21.8 Å². The summed E-state index contributed by atoms with van der Waals surface area (Å²) in [5, 5.41) is 0.545. The fraction of sp³-hybridized carbons (Fsp3) is 0.526. The quantitative estimate of drug-likeness (QED) is 0.767. The maximum atomic E-state index is 12.4. The van der Waals surface area contributed by atoms with Crippen molar-refractivity contribution in [3.63, 3.8) is 0 Å². The predicted molar refractivity (Wildman–Crippen MR) is 101 cm³/mol. The summed E-state index contributed by atoms with van der Waals surface area (Å²) in [6.07, 6.45) is 8.04. The molecule has 0 aromatic carbocycles. The Morgan fingerprint density at radius 1 is 1.12 bits per heavy atom. The molecule has 0 saturated heterocycles. The minimum atomic E-state index is -0.319. The van der Waals surface area contributed by atoms with Gasteiger partial charge in [-0.1, -0.05) is 47.1 Å². The molecule has 136 valence electrons. The molecule has 2 aromatic rings. The minimum absolute atomic E-state index is 0.141. The van der Waals surface area contributed by atoms with Crippen molar-refractivity contribution < 1.29 is 0 Å². The zero-order valence-electron chi connectivity index (χ0n) is 15.7. The van der Waals surface area contributed by atoms with Crippen LogP contribution in [0.4, 0.5) is 0 Å². The topological polar surface area (TPSA) is 94.4 Å². The van der Waals surface area contributed by atoms with Gasteiger partial charge in [-0.2, -0.15) is 0 Å². The van der Waals surface area contributed by atoms with Gasteiger partial charge >= 0.3 is 0 Å². The summed E-state index contributed by atoms with van der Waals surface area (Å²) in [6.45, 7) is 10.4. The lowest BCUT2D eigenvalue weighted by Crippen LogP contribution is -2.47. The average Bonchev–Trinajstić information content (AvgIpc) is 3.00. The van der Waals surface area contributed by atoms with E-state index in [-0.39, 0.29) is 27.8 Å².